The third-order valence-electron chi connectivity index (χ3n) is 4.21. The Morgan fingerprint density at radius 1 is 1.33 bits per heavy atom. The second kappa shape index (κ2) is 3.35. The van der Waals surface area contributed by atoms with Crippen molar-refractivity contribution in [2.24, 2.45) is 11.8 Å². The zero-order valence-electron chi connectivity index (χ0n) is 8.65. The quantitative estimate of drug-likeness (QED) is 0.578. The van der Waals surface area contributed by atoms with Crippen molar-refractivity contribution in [3.63, 3.8) is 0 Å². The van der Waals surface area contributed by atoms with Crippen LogP contribution in [0.5, 0.6) is 0 Å². The summed E-state index contributed by atoms with van der Waals surface area (Å²) in [5, 5.41) is 14.6. The van der Waals surface area contributed by atoms with Gasteiger partial charge in [-0.3, -0.25) is 4.90 Å². The maximum atomic E-state index is 10.5. The second-order valence-electron chi connectivity index (χ2n) is 4.82. The van der Waals surface area contributed by atoms with Gasteiger partial charge in [0.1, 0.15) is 0 Å². The molecule has 0 aromatic heterocycles. The minimum atomic E-state index is -0.867. The first-order chi connectivity index (χ1) is 7.27. The lowest BCUT2D eigenvalue weighted by molar-refractivity contribution is -0.149. The Bertz CT molecular complexity index is 268. The summed E-state index contributed by atoms with van der Waals surface area (Å²) in [6.45, 7) is 4.40. The molecule has 1 saturated heterocycles. The summed E-state index contributed by atoms with van der Waals surface area (Å²) in [5.74, 6) is 1.17. The monoisotopic (exact) mass is 211 g/mol. The molecule has 4 fully saturated rings. The molecular formula is C10H17N3O2. The van der Waals surface area contributed by atoms with Crippen molar-refractivity contribution in [1.29, 1.82) is 0 Å². The van der Waals surface area contributed by atoms with E-state index in [1.165, 1.54) is 6.42 Å². The molecule has 15 heavy (non-hydrogen) atoms. The van der Waals surface area contributed by atoms with E-state index in [1.807, 2.05) is 0 Å². The Morgan fingerprint density at radius 3 is 2.53 bits per heavy atom. The number of carboxylic acid groups (broad SMARTS) is 1. The van der Waals surface area contributed by atoms with E-state index < -0.39 is 6.09 Å². The summed E-state index contributed by atoms with van der Waals surface area (Å²) in [6, 6.07) is 0.923. The second-order valence-corrected chi connectivity index (χ2v) is 4.82. The van der Waals surface area contributed by atoms with Crippen LogP contribution in [0.3, 0.4) is 0 Å². The number of rotatable bonds is 2. The molecule has 2 bridgehead atoms. The lowest BCUT2D eigenvalue weighted by Gasteiger charge is -2.67. The molecule has 3 N–H and O–H groups in total. The third kappa shape index (κ3) is 1.33. The molecule has 1 aliphatic heterocycles. The van der Waals surface area contributed by atoms with Gasteiger partial charge in [0.25, 0.3) is 0 Å². The summed E-state index contributed by atoms with van der Waals surface area (Å²) in [6.07, 6.45) is 0.355. The molecule has 84 valence electrons. The standard InChI is InChI=1S/C10H17N3O2/c14-10(15)12-8-6-5-7(8)9(6)13-3-1-11-2-4-13/h6-9,11-12H,1-5H2,(H,14,15). The fourth-order valence-corrected chi connectivity index (χ4v) is 3.29. The molecule has 0 radical (unpaired) electrons. The van der Waals surface area contributed by atoms with Gasteiger partial charge in [0.15, 0.2) is 0 Å². The first-order valence-corrected chi connectivity index (χ1v) is 5.71. The number of nitrogens with zero attached hydrogens (tertiary/aromatic N) is 1. The van der Waals surface area contributed by atoms with Crippen molar-refractivity contribution < 1.29 is 9.90 Å². The molecule has 0 aromatic carbocycles. The van der Waals surface area contributed by atoms with Gasteiger partial charge in [-0.15, -0.1) is 0 Å². The van der Waals surface area contributed by atoms with Crippen LogP contribution < -0.4 is 10.6 Å². The Hall–Kier alpha value is -0.810. The van der Waals surface area contributed by atoms with E-state index in [1.54, 1.807) is 0 Å². The Balaban J connectivity index is 1.54. The Kier molecular flexibility index (Phi) is 2.10. The molecule has 3 aliphatic carbocycles. The first kappa shape index (κ1) is 9.42. The summed E-state index contributed by atoms with van der Waals surface area (Å²) < 4.78 is 0. The van der Waals surface area contributed by atoms with Crippen molar-refractivity contribution in [3.8, 4) is 0 Å². The summed E-state index contributed by atoms with van der Waals surface area (Å²) in [5.41, 5.74) is 0. The zero-order chi connectivity index (χ0) is 10.4. The van der Waals surface area contributed by atoms with Crippen molar-refractivity contribution >= 4 is 6.09 Å². The topological polar surface area (TPSA) is 64.6 Å². The maximum absolute atomic E-state index is 10.5. The van der Waals surface area contributed by atoms with E-state index in [-0.39, 0.29) is 6.04 Å². The normalized spacial score (nSPS) is 44.0. The zero-order valence-corrected chi connectivity index (χ0v) is 8.65. The molecule has 3 saturated carbocycles. The highest BCUT2D eigenvalue weighted by Gasteiger charge is 2.63. The van der Waals surface area contributed by atoms with Crippen LogP contribution in [0.25, 0.3) is 0 Å². The van der Waals surface area contributed by atoms with Gasteiger partial charge in [-0.1, -0.05) is 0 Å². The van der Waals surface area contributed by atoms with Crippen LogP contribution >= 0.6 is 0 Å². The van der Waals surface area contributed by atoms with Gasteiger partial charge in [-0.25, -0.2) is 4.79 Å². The highest BCUT2D eigenvalue weighted by atomic mass is 16.4. The molecule has 0 aromatic rings. The van der Waals surface area contributed by atoms with Gasteiger partial charge in [-0.05, 0) is 18.3 Å². The minimum Gasteiger partial charge on any atom is -0.465 e. The fourth-order valence-electron chi connectivity index (χ4n) is 3.29. The molecule has 0 spiro atoms. The number of piperazine rings is 1. The van der Waals surface area contributed by atoms with Crippen LogP contribution in [0.4, 0.5) is 4.79 Å². The van der Waals surface area contributed by atoms with E-state index in [0.29, 0.717) is 17.9 Å². The number of hydrogen-bond donors (Lipinski definition) is 3. The molecular weight excluding hydrogens is 194 g/mol. The number of amides is 1. The van der Waals surface area contributed by atoms with Crippen molar-refractivity contribution in [2.75, 3.05) is 26.2 Å². The number of nitrogens with one attached hydrogen (secondary N) is 2. The molecule has 4 rings (SSSR count). The van der Waals surface area contributed by atoms with Crippen LogP contribution in [-0.2, 0) is 0 Å². The van der Waals surface area contributed by atoms with Crippen LogP contribution in [0.15, 0.2) is 0 Å². The third-order valence-corrected chi connectivity index (χ3v) is 4.21. The summed E-state index contributed by atoms with van der Waals surface area (Å²) in [4.78, 5) is 13.0. The summed E-state index contributed by atoms with van der Waals surface area (Å²) in [7, 11) is 0. The van der Waals surface area contributed by atoms with Gasteiger partial charge >= 0.3 is 6.09 Å². The molecule has 5 nitrogen and oxygen atoms in total. The minimum absolute atomic E-state index is 0.252. The van der Waals surface area contributed by atoms with Gasteiger partial charge in [0.2, 0.25) is 0 Å². The number of carbonyl (C=O) groups is 1. The van der Waals surface area contributed by atoms with Crippen molar-refractivity contribution in [3.05, 3.63) is 0 Å². The molecule has 4 aliphatic rings. The van der Waals surface area contributed by atoms with E-state index >= 15 is 0 Å². The lowest BCUT2D eigenvalue weighted by atomic mass is 9.47. The highest BCUT2D eigenvalue weighted by Crippen LogP contribution is 2.56. The van der Waals surface area contributed by atoms with E-state index in [9.17, 15) is 4.79 Å². The lowest BCUT2D eigenvalue weighted by Crippen LogP contribution is -2.78. The maximum Gasteiger partial charge on any atom is 0.404 e. The van der Waals surface area contributed by atoms with Crippen LogP contribution in [0.2, 0.25) is 0 Å². The van der Waals surface area contributed by atoms with Crippen LogP contribution in [-0.4, -0.2) is 54.4 Å². The molecule has 1 heterocycles. The Morgan fingerprint density at radius 2 is 2.00 bits per heavy atom. The fraction of sp³-hybridized carbons (Fsp3) is 0.900. The van der Waals surface area contributed by atoms with Gasteiger partial charge in [-0.2, -0.15) is 0 Å². The number of hydrogen-bond acceptors (Lipinski definition) is 3. The highest BCUT2D eigenvalue weighted by molar-refractivity contribution is 5.65. The SMILES string of the molecule is O=C(O)NC1C2CC1C2N1CCNCC1. The van der Waals surface area contributed by atoms with Crippen molar-refractivity contribution in [2.45, 2.75) is 18.5 Å². The molecule has 2 unspecified atom stereocenters. The summed E-state index contributed by atoms with van der Waals surface area (Å²) >= 11 is 0. The average Bonchev–Trinajstić information content (AvgIpc) is 2.13. The molecule has 5 heteroatoms. The van der Waals surface area contributed by atoms with Gasteiger partial charge < -0.3 is 15.7 Å². The van der Waals surface area contributed by atoms with Crippen molar-refractivity contribution in [1.82, 2.24) is 15.5 Å². The smallest absolute Gasteiger partial charge is 0.404 e. The first-order valence-electron chi connectivity index (χ1n) is 5.71. The molecule has 1 amide bonds. The predicted octanol–water partition coefficient (Wildman–Crippen LogP) is -0.454. The van der Waals surface area contributed by atoms with Gasteiger partial charge in [0, 0.05) is 38.3 Å². The average molecular weight is 211 g/mol. The van der Waals surface area contributed by atoms with Crippen LogP contribution in [0, 0.1) is 11.8 Å². The Labute approximate surface area is 88.8 Å². The molecule has 2 atom stereocenters. The van der Waals surface area contributed by atoms with Crippen LogP contribution in [0.1, 0.15) is 6.42 Å². The largest absolute Gasteiger partial charge is 0.465 e. The van der Waals surface area contributed by atoms with E-state index in [2.05, 4.69) is 15.5 Å². The van der Waals surface area contributed by atoms with E-state index in [0.717, 1.165) is 26.2 Å². The van der Waals surface area contributed by atoms with E-state index in [4.69, 9.17) is 5.11 Å². The predicted molar refractivity (Wildman–Crippen MR) is 54.8 cm³/mol. The van der Waals surface area contributed by atoms with Gasteiger partial charge in [0.05, 0.1) is 0 Å².